The number of nitro groups is 1. The van der Waals surface area contributed by atoms with Gasteiger partial charge < -0.3 is 10.0 Å². The summed E-state index contributed by atoms with van der Waals surface area (Å²) in [6.07, 6.45) is 4.41. The van der Waals surface area contributed by atoms with Crippen molar-refractivity contribution >= 4 is 11.5 Å². The molecule has 0 radical (unpaired) electrons. The van der Waals surface area contributed by atoms with Crippen LogP contribution >= 0.6 is 0 Å². The molecule has 0 aromatic carbocycles. The second-order valence-electron chi connectivity index (χ2n) is 4.61. The first kappa shape index (κ1) is 12.8. The molecule has 0 bridgehead atoms. The van der Waals surface area contributed by atoms with Gasteiger partial charge in [-0.05, 0) is 32.3 Å². The summed E-state index contributed by atoms with van der Waals surface area (Å²) in [7, 11) is 0. The molecule has 1 saturated heterocycles. The molecule has 2 heterocycles. The summed E-state index contributed by atoms with van der Waals surface area (Å²) in [5.41, 5.74) is 0.642. The quantitative estimate of drug-likeness (QED) is 0.652. The molecular formula is C12H17N3O3. The van der Waals surface area contributed by atoms with Gasteiger partial charge in [0.15, 0.2) is 0 Å². The third-order valence-electron chi connectivity index (χ3n) is 3.40. The lowest BCUT2D eigenvalue weighted by atomic mass is 10.0. The second kappa shape index (κ2) is 5.30. The zero-order valence-electron chi connectivity index (χ0n) is 10.4. The first-order valence-corrected chi connectivity index (χ1v) is 6.12. The van der Waals surface area contributed by atoms with E-state index in [1.54, 1.807) is 13.0 Å². The monoisotopic (exact) mass is 251 g/mol. The molecule has 0 saturated carbocycles. The molecule has 0 spiro atoms. The summed E-state index contributed by atoms with van der Waals surface area (Å²) in [4.78, 5) is 16.5. The van der Waals surface area contributed by atoms with Crippen molar-refractivity contribution in [2.24, 2.45) is 0 Å². The number of hydrogen-bond donors (Lipinski definition) is 1. The lowest BCUT2D eigenvalue weighted by Crippen LogP contribution is -2.42. The first-order valence-electron chi connectivity index (χ1n) is 6.12. The molecule has 18 heavy (non-hydrogen) atoms. The van der Waals surface area contributed by atoms with Crippen LogP contribution in [0.1, 0.15) is 24.8 Å². The standard InChI is InChI=1S/C12H17N3O3/c1-9-6-12(13-7-11(9)15(17)18)14-5-3-2-4-10(14)8-16/h6-7,10,16H,2-5,8H2,1H3. The number of aliphatic hydroxyl groups is 1. The van der Waals surface area contributed by atoms with Gasteiger partial charge in [-0.15, -0.1) is 0 Å². The Hall–Kier alpha value is -1.69. The number of anilines is 1. The average molecular weight is 251 g/mol. The molecule has 0 aliphatic carbocycles. The highest BCUT2D eigenvalue weighted by Gasteiger charge is 2.24. The van der Waals surface area contributed by atoms with E-state index >= 15 is 0 Å². The number of aliphatic hydroxyl groups excluding tert-OH is 1. The summed E-state index contributed by atoms with van der Waals surface area (Å²) < 4.78 is 0. The minimum Gasteiger partial charge on any atom is -0.394 e. The second-order valence-corrected chi connectivity index (χ2v) is 4.61. The van der Waals surface area contributed by atoms with Crippen LogP contribution in [-0.2, 0) is 0 Å². The van der Waals surface area contributed by atoms with Gasteiger partial charge in [0.2, 0.25) is 0 Å². The highest BCUT2D eigenvalue weighted by molar-refractivity contribution is 5.49. The Labute approximate surface area is 105 Å². The van der Waals surface area contributed by atoms with Gasteiger partial charge in [0.05, 0.1) is 17.6 Å². The van der Waals surface area contributed by atoms with Crippen LogP contribution in [0.3, 0.4) is 0 Å². The number of aromatic nitrogens is 1. The summed E-state index contributed by atoms with van der Waals surface area (Å²) >= 11 is 0. The molecule has 6 nitrogen and oxygen atoms in total. The van der Waals surface area contributed by atoms with E-state index in [2.05, 4.69) is 4.98 Å². The minimum absolute atomic E-state index is 0.0382. The van der Waals surface area contributed by atoms with Gasteiger partial charge in [0.1, 0.15) is 12.0 Å². The summed E-state index contributed by atoms with van der Waals surface area (Å²) in [5.74, 6) is 0.719. The molecule has 1 aromatic rings. The molecule has 1 unspecified atom stereocenters. The highest BCUT2D eigenvalue weighted by atomic mass is 16.6. The lowest BCUT2D eigenvalue weighted by molar-refractivity contribution is -0.385. The van der Waals surface area contributed by atoms with Crippen LogP contribution in [0, 0.1) is 17.0 Å². The van der Waals surface area contributed by atoms with Crippen molar-refractivity contribution in [1.29, 1.82) is 0 Å². The number of hydrogen-bond acceptors (Lipinski definition) is 5. The van der Waals surface area contributed by atoms with E-state index in [0.29, 0.717) is 5.56 Å². The van der Waals surface area contributed by atoms with Gasteiger partial charge in [-0.1, -0.05) is 0 Å². The molecule has 2 rings (SSSR count). The number of pyridine rings is 1. The molecule has 1 fully saturated rings. The van der Waals surface area contributed by atoms with Crippen LogP contribution in [0.15, 0.2) is 12.3 Å². The zero-order chi connectivity index (χ0) is 13.1. The Kier molecular flexibility index (Phi) is 3.76. The fraction of sp³-hybridized carbons (Fsp3) is 0.583. The van der Waals surface area contributed by atoms with Gasteiger partial charge in [-0.25, -0.2) is 4.98 Å². The molecule has 1 aromatic heterocycles. The SMILES string of the molecule is Cc1cc(N2CCCCC2CO)ncc1[N+](=O)[O-]. The smallest absolute Gasteiger partial charge is 0.290 e. The summed E-state index contributed by atoms with van der Waals surface area (Å²) in [6.45, 7) is 2.65. The van der Waals surface area contributed by atoms with Crippen LogP contribution in [0.4, 0.5) is 11.5 Å². The third-order valence-corrected chi connectivity index (χ3v) is 3.40. The van der Waals surface area contributed by atoms with E-state index in [1.165, 1.54) is 6.20 Å². The molecule has 98 valence electrons. The Morgan fingerprint density at radius 2 is 2.39 bits per heavy atom. The van der Waals surface area contributed by atoms with Crippen molar-refractivity contribution in [2.75, 3.05) is 18.1 Å². The first-order chi connectivity index (χ1) is 8.63. The van der Waals surface area contributed by atoms with Crippen molar-refractivity contribution < 1.29 is 10.0 Å². The van der Waals surface area contributed by atoms with E-state index in [4.69, 9.17) is 0 Å². The van der Waals surface area contributed by atoms with Crippen molar-refractivity contribution in [3.8, 4) is 0 Å². The van der Waals surface area contributed by atoms with Gasteiger partial charge in [-0.3, -0.25) is 10.1 Å². The van der Waals surface area contributed by atoms with Gasteiger partial charge in [0.25, 0.3) is 5.69 Å². The molecule has 1 N–H and O–H groups in total. The highest BCUT2D eigenvalue weighted by Crippen LogP contribution is 2.26. The molecule has 6 heteroatoms. The Morgan fingerprint density at radius 1 is 1.61 bits per heavy atom. The van der Waals surface area contributed by atoms with E-state index in [1.807, 2.05) is 4.90 Å². The summed E-state index contributed by atoms with van der Waals surface area (Å²) in [5, 5.41) is 20.1. The molecule has 1 aliphatic heterocycles. The van der Waals surface area contributed by atoms with Crippen molar-refractivity contribution in [3.05, 3.63) is 27.9 Å². The van der Waals surface area contributed by atoms with Crippen LogP contribution < -0.4 is 4.90 Å². The predicted octanol–water partition coefficient (Wildman–Crippen LogP) is 1.65. The van der Waals surface area contributed by atoms with E-state index in [9.17, 15) is 15.2 Å². The Bertz CT molecular complexity index is 450. The Morgan fingerprint density at radius 3 is 3.00 bits per heavy atom. The minimum atomic E-state index is -0.425. The van der Waals surface area contributed by atoms with Crippen LogP contribution in [0.5, 0.6) is 0 Å². The summed E-state index contributed by atoms with van der Waals surface area (Å²) in [6, 6.07) is 1.80. The molecule has 0 amide bonds. The van der Waals surface area contributed by atoms with E-state index < -0.39 is 4.92 Å². The van der Waals surface area contributed by atoms with E-state index in [0.717, 1.165) is 31.6 Å². The number of rotatable bonds is 3. The van der Waals surface area contributed by atoms with Gasteiger partial charge >= 0.3 is 0 Å². The van der Waals surface area contributed by atoms with Gasteiger partial charge in [-0.2, -0.15) is 0 Å². The van der Waals surface area contributed by atoms with Crippen LogP contribution in [-0.4, -0.2) is 34.2 Å². The van der Waals surface area contributed by atoms with Crippen LogP contribution in [0.2, 0.25) is 0 Å². The largest absolute Gasteiger partial charge is 0.394 e. The molecule has 1 atom stereocenters. The maximum atomic E-state index is 10.7. The normalized spacial score (nSPS) is 19.9. The van der Waals surface area contributed by atoms with Crippen molar-refractivity contribution in [3.63, 3.8) is 0 Å². The maximum Gasteiger partial charge on any atom is 0.290 e. The topological polar surface area (TPSA) is 79.5 Å². The van der Waals surface area contributed by atoms with Crippen molar-refractivity contribution in [2.45, 2.75) is 32.2 Å². The fourth-order valence-corrected chi connectivity index (χ4v) is 2.37. The third kappa shape index (κ3) is 2.43. The molecule has 1 aliphatic rings. The predicted molar refractivity (Wildman–Crippen MR) is 67.7 cm³/mol. The van der Waals surface area contributed by atoms with E-state index in [-0.39, 0.29) is 18.3 Å². The maximum absolute atomic E-state index is 10.7. The zero-order valence-corrected chi connectivity index (χ0v) is 10.4. The number of nitrogens with zero attached hydrogens (tertiary/aromatic N) is 3. The average Bonchev–Trinajstić information content (AvgIpc) is 2.38. The molecular weight excluding hydrogens is 234 g/mol. The van der Waals surface area contributed by atoms with Crippen molar-refractivity contribution in [1.82, 2.24) is 4.98 Å². The Balaban J connectivity index is 2.27. The van der Waals surface area contributed by atoms with Gasteiger partial charge in [0, 0.05) is 12.1 Å². The number of aryl methyl sites for hydroxylation is 1. The van der Waals surface area contributed by atoms with Crippen LogP contribution in [0.25, 0.3) is 0 Å². The number of piperidine rings is 1. The fourth-order valence-electron chi connectivity index (χ4n) is 2.37. The lowest BCUT2D eigenvalue weighted by Gasteiger charge is -2.35.